The second-order valence-corrected chi connectivity index (χ2v) is 5.97. The minimum Gasteiger partial charge on any atom is -0.494 e. The minimum atomic E-state index is -0.00208. The number of halogens is 2. The van der Waals surface area contributed by atoms with Gasteiger partial charge in [0.1, 0.15) is 11.4 Å². The van der Waals surface area contributed by atoms with Gasteiger partial charge in [-0.15, -0.1) is 0 Å². The number of hydrogen-bond acceptors (Lipinski definition) is 3. The predicted molar refractivity (Wildman–Crippen MR) is 75.9 cm³/mol. The van der Waals surface area contributed by atoms with Crippen LogP contribution in [0.4, 0.5) is 5.69 Å². The molecule has 0 aliphatic carbocycles. The second-order valence-electron chi connectivity index (χ2n) is 4.20. The second kappa shape index (κ2) is 5.59. The van der Waals surface area contributed by atoms with E-state index in [-0.39, 0.29) is 18.4 Å². The highest BCUT2D eigenvalue weighted by atomic mass is 79.9. The molecule has 1 aliphatic rings. The molecular weight excluding hydrogens is 366 g/mol. The molecule has 1 amide bonds. The van der Waals surface area contributed by atoms with Crippen LogP contribution in [-0.4, -0.2) is 31.3 Å². The van der Waals surface area contributed by atoms with Crippen molar-refractivity contribution in [2.45, 2.75) is 6.42 Å². The molecule has 1 unspecified atom stereocenters. The summed E-state index contributed by atoms with van der Waals surface area (Å²) in [5.74, 6) is 0.635. The number of benzene rings is 1. The van der Waals surface area contributed by atoms with Gasteiger partial charge in [0, 0.05) is 34.4 Å². The van der Waals surface area contributed by atoms with E-state index in [1.54, 1.807) is 12.0 Å². The van der Waals surface area contributed by atoms with Crippen molar-refractivity contribution in [1.29, 1.82) is 0 Å². The van der Waals surface area contributed by atoms with Gasteiger partial charge in [0.05, 0.1) is 7.11 Å². The fourth-order valence-electron chi connectivity index (χ4n) is 2.08. The molecular formula is C12H13Br2NO3. The van der Waals surface area contributed by atoms with Crippen LogP contribution < -0.4 is 9.64 Å². The third-order valence-corrected chi connectivity index (χ3v) is 4.01. The third-order valence-electron chi connectivity index (χ3n) is 2.95. The van der Waals surface area contributed by atoms with Crippen molar-refractivity contribution >= 4 is 43.5 Å². The lowest BCUT2D eigenvalue weighted by atomic mass is 10.1. The van der Waals surface area contributed by atoms with Gasteiger partial charge in [0.25, 0.3) is 0 Å². The molecule has 0 spiro atoms. The van der Waals surface area contributed by atoms with Gasteiger partial charge in [-0.1, -0.05) is 15.9 Å². The zero-order chi connectivity index (χ0) is 13.3. The maximum absolute atomic E-state index is 12.0. The molecule has 0 aromatic heterocycles. The Kier molecular flexibility index (Phi) is 4.29. The van der Waals surface area contributed by atoms with Gasteiger partial charge >= 0.3 is 0 Å². The maximum atomic E-state index is 12.0. The van der Waals surface area contributed by atoms with E-state index in [9.17, 15) is 4.79 Å². The summed E-state index contributed by atoms with van der Waals surface area (Å²) in [6.07, 6.45) is 0.377. The molecule has 1 N–H and O–H groups in total. The van der Waals surface area contributed by atoms with Crippen molar-refractivity contribution in [2.24, 2.45) is 5.92 Å². The van der Waals surface area contributed by atoms with Crippen molar-refractivity contribution in [2.75, 3.05) is 25.2 Å². The number of amides is 1. The Labute approximate surface area is 122 Å². The number of aliphatic hydroxyl groups excluding tert-OH is 1. The van der Waals surface area contributed by atoms with Gasteiger partial charge in [-0.25, -0.2) is 0 Å². The zero-order valence-corrected chi connectivity index (χ0v) is 13.0. The number of aliphatic hydroxyl groups is 1. The molecule has 1 aromatic rings. The summed E-state index contributed by atoms with van der Waals surface area (Å²) in [6.45, 7) is 0.546. The van der Waals surface area contributed by atoms with E-state index >= 15 is 0 Å². The molecule has 1 saturated heterocycles. The lowest BCUT2D eigenvalue weighted by molar-refractivity contribution is -0.117. The first-order chi connectivity index (χ1) is 8.56. The Morgan fingerprint density at radius 3 is 2.78 bits per heavy atom. The quantitative estimate of drug-likeness (QED) is 0.879. The van der Waals surface area contributed by atoms with E-state index < -0.39 is 0 Å². The van der Waals surface area contributed by atoms with Crippen LogP contribution in [0.3, 0.4) is 0 Å². The molecule has 1 atom stereocenters. The van der Waals surface area contributed by atoms with Crippen LogP contribution in [0.2, 0.25) is 0 Å². The molecule has 0 radical (unpaired) electrons. The largest absolute Gasteiger partial charge is 0.494 e. The topological polar surface area (TPSA) is 49.8 Å². The molecule has 0 bridgehead atoms. The predicted octanol–water partition coefficient (Wildman–Crippen LogP) is 2.57. The average molecular weight is 379 g/mol. The Balaban J connectivity index is 2.42. The molecule has 18 heavy (non-hydrogen) atoms. The average Bonchev–Trinajstić information content (AvgIpc) is 2.69. The lowest BCUT2D eigenvalue weighted by Gasteiger charge is -2.21. The van der Waals surface area contributed by atoms with E-state index in [0.717, 1.165) is 14.6 Å². The fourth-order valence-corrected chi connectivity index (χ4v) is 3.48. The van der Waals surface area contributed by atoms with Gasteiger partial charge in [-0.05, 0) is 28.1 Å². The highest BCUT2D eigenvalue weighted by Gasteiger charge is 2.33. The zero-order valence-electron chi connectivity index (χ0n) is 9.82. The van der Waals surface area contributed by atoms with Crippen LogP contribution >= 0.6 is 31.9 Å². The van der Waals surface area contributed by atoms with Gasteiger partial charge in [0.2, 0.25) is 5.91 Å². The molecule has 4 nitrogen and oxygen atoms in total. The van der Waals surface area contributed by atoms with E-state index in [1.165, 1.54) is 0 Å². The minimum absolute atomic E-state index is 0.00208. The normalized spacial score (nSPS) is 19.4. The highest BCUT2D eigenvalue weighted by Crippen LogP contribution is 2.41. The van der Waals surface area contributed by atoms with Crippen molar-refractivity contribution in [3.05, 3.63) is 21.1 Å². The van der Waals surface area contributed by atoms with Gasteiger partial charge in [-0.3, -0.25) is 4.79 Å². The number of carbonyl (C=O) groups excluding carboxylic acids is 1. The van der Waals surface area contributed by atoms with E-state index in [4.69, 9.17) is 9.84 Å². The van der Waals surface area contributed by atoms with Gasteiger partial charge in [-0.2, -0.15) is 0 Å². The van der Waals surface area contributed by atoms with Crippen molar-refractivity contribution in [3.8, 4) is 5.75 Å². The summed E-state index contributed by atoms with van der Waals surface area (Å²) >= 11 is 6.84. The van der Waals surface area contributed by atoms with Crippen LogP contribution in [0.1, 0.15) is 6.42 Å². The number of rotatable bonds is 3. The number of carbonyl (C=O) groups is 1. The molecule has 1 heterocycles. The number of nitrogens with zero attached hydrogens (tertiary/aromatic N) is 1. The van der Waals surface area contributed by atoms with E-state index in [0.29, 0.717) is 18.7 Å². The summed E-state index contributed by atoms with van der Waals surface area (Å²) in [6, 6.07) is 3.69. The fraction of sp³-hybridized carbons (Fsp3) is 0.417. The molecule has 98 valence electrons. The number of ether oxygens (including phenoxy) is 1. The van der Waals surface area contributed by atoms with Crippen molar-refractivity contribution in [3.63, 3.8) is 0 Å². The highest BCUT2D eigenvalue weighted by molar-refractivity contribution is 9.11. The lowest BCUT2D eigenvalue weighted by Crippen LogP contribution is -2.25. The number of anilines is 1. The molecule has 1 fully saturated rings. The molecule has 6 heteroatoms. The first kappa shape index (κ1) is 13.8. The van der Waals surface area contributed by atoms with Crippen LogP contribution in [-0.2, 0) is 4.79 Å². The maximum Gasteiger partial charge on any atom is 0.227 e. The Hall–Kier alpha value is -0.590. The Morgan fingerprint density at radius 1 is 1.50 bits per heavy atom. The number of methoxy groups -OCH3 is 1. The Morgan fingerprint density at radius 2 is 2.22 bits per heavy atom. The van der Waals surface area contributed by atoms with Crippen LogP contribution in [0.5, 0.6) is 5.75 Å². The third kappa shape index (κ3) is 2.55. The van der Waals surface area contributed by atoms with Crippen LogP contribution in [0, 0.1) is 5.92 Å². The van der Waals surface area contributed by atoms with Crippen LogP contribution in [0.25, 0.3) is 0 Å². The summed E-state index contributed by atoms with van der Waals surface area (Å²) in [4.78, 5) is 13.6. The van der Waals surface area contributed by atoms with Gasteiger partial charge < -0.3 is 14.7 Å². The Bertz CT molecular complexity index is 479. The van der Waals surface area contributed by atoms with Crippen molar-refractivity contribution < 1.29 is 14.6 Å². The number of hydrogen-bond donors (Lipinski definition) is 1. The molecule has 1 aromatic carbocycles. The SMILES string of the molecule is COc1cc(Br)cc(Br)c1N1CC(CO)CC1=O. The smallest absolute Gasteiger partial charge is 0.227 e. The van der Waals surface area contributed by atoms with Gasteiger partial charge in [0.15, 0.2) is 0 Å². The first-order valence-electron chi connectivity index (χ1n) is 5.51. The molecule has 0 saturated carbocycles. The standard InChI is InChI=1S/C12H13Br2NO3/c1-18-10-4-8(13)3-9(14)12(10)15-5-7(6-16)2-11(15)17/h3-4,7,16H,2,5-6H2,1H3. The molecule has 2 rings (SSSR count). The van der Waals surface area contributed by atoms with E-state index in [2.05, 4.69) is 31.9 Å². The molecule has 1 aliphatic heterocycles. The summed E-state index contributed by atoms with van der Waals surface area (Å²) in [5.41, 5.74) is 0.724. The van der Waals surface area contributed by atoms with Crippen LogP contribution in [0.15, 0.2) is 21.1 Å². The summed E-state index contributed by atoms with van der Waals surface area (Å²) in [5, 5.41) is 9.16. The monoisotopic (exact) mass is 377 g/mol. The first-order valence-corrected chi connectivity index (χ1v) is 7.09. The summed E-state index contributed by atoms with van der Waals surface area (Å²) in [7, 11) is 1.57. The van der Waals surface area contributed by atoms with E-state index in [1.807, 2.05) is 12.1 Å². The van der Waals surface area contributed by atoms with Crippen molar-refractivity contribution in [1.82, 2.24) is 0 Å². The summed E-state index contributed by atoms with van der Waals surface area (Å²) < 4.78 is 6.99.